The van der Waals surface area contributed by atoms with E-state index >= 15 is 0 Å². The number of phosphoric ester groups is 1. The third-order valence-electron chi connectivity index (χ3n) is 7.96. The van der Waals surface area contributed by atoms with Crippen LogP contribution in [0.2, 0.25) is 0 Å². The van der Waals surface area contributed by atoms with Crippen molar-refractivity contribution in [3.63, 3.8) is 0 Å². The summed E-state index contributed by atoms with van der Waals surface area (Å²) in [6, 6.07) is 48.5. The maximum Gasteiger partial charge on any atom is 0.477 e. The van der Waals surface area contributed by atoms with Gasteiger partial charge in [0.15, 0.2) is 6.29 Å². The monoisotopic (exact) mass is 680 g/mol. The summed E-state index contributed by atoms with van der Waals surface area (Å²) in [4.78, 5) is 0. The van der Waals surface area contributed by atoms with E-state index < -0.39 is 32.4 Å². The Morgan fingerprint density at radius 1 is 0.469 bits per heavy atom. The van der Waals surface area contributed by atoms with Crippen molar-refractivity contribution >= 4 is 7.82 Å². The first kappa shape index (κ1) is 34.9. The van der Waals surface area contributed by atoms with Gasteiger partial charge in [0.2, 0.25) is 0 Å². The zero-order chi connectivity index (χ0) is 33.6. The van der Waals surface area contributed by atoms with Gasteiger partial charge in [0.1, 0.15) is 18.3 Å². The van der Waals surface area contributed by atoms with Crippen LogP contribution in [0.1, 0.15) is 27.8 Å². The lowest BCUT2D eigenvalue weighted by Gasteiger charge is -2.42. The van der Waals surface area contributed by atoms with Crippen LogP contribution in [-0.2, 0) is 70.1 Å². The molecule has 4 atom stereocenters. The second kappa shape index (κ2) is 18.2. The normalized spacial score (nSPS) is 19.4. The minimum atomic E-state index is -4.24. The Morgan fingerprint density at radius 2 is 0.816 bits per heavy atom. The average molecular weight is 681 g/mol. The predicted molar refractivity (Wildman–Crippen MR) is 186 cm³/mol. The molecule has 5 aromatic carbocycles. The Bertz CT molecular complexity index is 1650. The number of hydrogen-bond donors (Lipinski definition) is 0. The minimum absolute atomic E-state index is 0.00587. The van der Waals surface area contributed by atoms with Crippen molar-refractivity contribution in [1.29, 1.82) is 0 Å². The zero-order valence-electron chi connectivity index (χ0n) is 27.2. The highest BCUT2D eigenvalue weighted by Crippen LogP contribution is 2.53. The molecule has 0 saturated carbocycles. The van der Waals surface area contributed by atoms with Crippen molar-refractivity contribution in [2.24, 2.45) is 0 Å². The molecule has 1 heterocycles. The molecule has 49 heavy (non-hydrogen) atoms. The number of rotatable bonds is 17. The molecule has 0 amide bonds. The van der Waals surface area contributed by atoms with Crippen LogP contribution < -0.4 is 0 Å². The van der Waals surface area contributed by atoms with Gasteiger partial charge in [0.05, 0.1) is 39.6 Å². The fourth-order valence-electron chi connectivity index (χ4n) is 5.35. The van der Waals surface area contributed by atoms with Crippen molar-refractivity contribution in [1.82, 2.24) is 0 Å². The van der Waals surface area contributed by atoms with Crippen LogP contribution in [0.4, 0.5) is 0 Å². The highest BCUT2D eigenvalue weighted by atomic mass is 31.2. The van der Waals surface area contributed by atoms with Gasteiger partial charge in [-0.2, -0.15) is 0 Å². The number of hydrogen-bond acceptors (Lipinski definition) is 8. The quantitative estimate of drug-likeness (QED) is 0.0903. The average Bonchev–Trinajstić information content (AvgIpc) is 3.16. The van der Waals surface area contributed by atoms with Crippen LogP contribution >= 0.6 is 7.82 Å². The van der Waals surface area contributed by atoms with Gasteiger partial charge in [-0.3, -0.25) is 13.6 Å². The summed E-state index contributed by atoms with van der Waals surface area (Å²) in [5.74, 6) is 0. The molecule has 6 rings (SSSR count). The van der Waals surface area contributed by atoms with Gasteiger partial charge < -0.3 is 18.9 Å². The minimum Gasteiger partial charge on any atom is -0.368 e. The summed E-state index contributed by atoms with van der Waals surface area (Å²) in [7, 11) is -4.24. The van der Waals surface area contributed by atoms with Crippen LogP contribution in [0.3, 0.4) is 0 Å². The van der Waals surface area contributed by atoms with Crippen LogP contribution in [0.15, 0.2) is 152 Å². The molecule has 1 aliphatic heterocycles. The molecule has 0 N–H and O–H groups in total. The fraction of sp³-hybridized carbons (Fsp3) is 0.250. The largest absolute Gasteiger partial charge is 0.477 e. The SMILES string of the molecule is O=P(OCc1ccccc1)(OCc1ccccc1)O[C@H]1OC[C@@H](OCc2ccccc2)[C@H](OCc2ccccc2)[C@H]1OCc1ccccc1. The van der Waals surface area contributed by atoms with E-state index in [2.05, 4.69) is 0 Å². The summed E-state index contributed by atoms with van der Waals surface area (Å²) < 4.78 is 58.4. The molecule has 0 unspecified atom stereocenters. The molecule has 5 aromatic rings. The standard InChI is InChI=1S/C40H41O8P/c41-49(46-29-35-22-12-4-13-23-35,47-30-36-24-14-5-15-25-36)48-40-39(44-28-34-20-10-3-11-21-34)38(43-27-33-18-8-2-9-19-33)37(31-45-40)42-26-32-16-6-1-7-17-32/h1-25,37-40H,26-31H2/t37-,38+,39-,40-/m1/s1. The number of phosphoric acid groups is 1. The Morgan fingerprint density at radius 3 is 1.22 bits per heavy atom. The van der Waals surface area contributed by atoms with Crippen molar-refractivity contribution in [3.8, 4) is 0 Å². The van der Waals surface area contributed by atoms with Crippen LogP contribution in [0.25, 0.3) is 0 Å². The number of ether oxygens (including phenoxy) is 4. The second-order valence-corrected chi connectivity index (χ2v) is 13.3. The lowest BCUT2D eigenvalue weighted by molar-refractivity contribution is -0.282. The van der Waals surface area contributed by atoms with Crippen molar-refractivity contribution in [2.75, 3.05) is 6.61 Å². The van der Waals surface area contributed by atoms with Gasteiger partial charge in [-0.15, -0.1) is 0 Å². The van der Waals surface area contributed by atoms with Crippen molar-refractivity contribution in [2.45, 2.75) is 57.6 Å². The smallest absolute Gasteiger partial charge is 0.368 e. The molecule has 0 spiro atoms. The third-order valence-corrected chi connectivity index (χ3v) is 9.31. The highest BCUT2D eigenvalue weighted by molar-refractivity contribution is 7.48. The van der Waals surface area contributed by atoms with Crippen LogP contribution in [0.5, 0.6) is 0 Å². The first-order valence-electron chi connectivity index (χ1n) is 16.4. The first-order chi connectivity index (χ1) is 24.1. The van der Waals surface area contributed by atoms with Crippen LogP contribution in [-0.4, -0.2) is 31.2 Å². The van der Waals surface area contributed by atoms with E-state index in [0.717, 1.165) is 27.8 Å². The Hall–Kier alpha value is -3.95. The molecule has 0 aliphatic carbocycles. The summed E-state index contributed by atoms with van der Waals surface area (Å²) >= 11 is 0. The van der Waals surface area contributed by atoms with E-state index in [0.29, 0.717) is 13.2 Å². The van der Waals surface area contributed by atoms with Crippen molar-refractivity contribution in [3.05, 3.63) is 179 Å². The number of benzene rings is 5. The van der Waals surface area contributed by atoms with E-state index in [4.69, 9.17) is 32.5 Å². The third kappa shape index (κ3) is 10.8. The Balaban J connectivity index is 1.27. The molecular weight excluding hydrogens is 639 g/mol. The summed E-state index contributed by atoms with van der Waals surface area (Å²) in [5, 5.41) is 0. The maximum atomic E-state index is 14.5. The molecule has 0 bridgehead atoms. The van der Waals surface area contributed by atoms with Gasteiger partial charge >= 0.3 is 7.82 Å². The first-order valence-corrected chi connectivity index (χ1v) is 17.8. The van der Waals surface area contributed by atoms with Crippen molar-refractivity contribution < 1.29 is 37.1 Å². The van der Waals surface area contributed by atoms with E-state index in [1.807, 2.05) is 152 Å². The summed E-state index contributed by atoms with van der Waals surface area (Å²) in [6.45, 7) is 0.972. The molecular formula is C40H41O8P. The molecule has 8 nitrogen and oxygen atoms in total. The molecule has 254 valence electrons. The predicted octanol–water partition coefficient (Wildman–Crippen LogP) is 8.66. The molecule has 1 saturated heterocycles. The van der Waals surface area contributed by atoms with Gasteiger partial charge in [0, 0.05) is 0 Å². The zero-order valence-corrected chi connectivity index (χ0v) is 28.1. The van der Waals surface area contributed by atoms with Crippen LogP contribution in [0, 0.1) is 0 Å². The topological polar surface area (TPSA) is 81.7 Å². The van der Waals surface area contributed by atoms with Gasteiger partial charge in [-0.05, 0) is 27.8 Å². The maximum absolute atomic E-state index is 14.5. The van der Waals surface area contributed by atoms with E-state index in [-0.39, 0.29) is 26.4 Å². The molecule has 1 aliphatic rings. The molecule has 1 fully saturated rings. The van der Waals surface area contributed by atoms with E-state index in [1.165, 1.54) is 0 Å². The van der Waals surface area contributed by atoms with E-state index in [9.17, 15) is 4.57 Å². The van der Waals surface area contributed by atoms with Gasteiger partial charge in [0.25, 0.3) is 0 Å². The summed E-state index contributed by atoms with van der Waals surface area (Å²) in [6.07, 6.45) is -3.23. The molecule has 0 aromatic heterocycles. The molecule has 0 radical (unpaired) electrons. The Kier molecular flexibility index (Phi) is 12.9. The lowest BCUT2D eigenvalue weighted by atomic mass is 10.0. The van der Waals surface area contributed by atoms with Gasteiger partial charge in [-0.1, -0.05) is 152 Å². The second-order valence-electron chi connectivity index (χ2n) is 11.6. The summed E-state index contributed by atoms with van der Waals surface area (Å²) in [5.41, 5.74) is 4.57. The molecule has 9 heteroatoms. The highest BCUT2D eigenvalue weighted by Gasteiger charge is 2.47. The Labute approximate surface area is 288 Å². The van der Waals surface area contributed by atoms with Gasteiger partial charge in [-0.25, -0.2) is 4.57 Å². The lowest BCUT2D eigenvalue weighted by Crippen LogP contribution is -2.56. The fourth-order valence-corrected chi connectivity index (χ4v) is 6.59. The van der Waals surface area contributed by atoms with E-state index in [1.54, 1.807) is 0 Å².